The van der Waals surface area contributed by atoms with Gasteiger partial charge in [-0.05, 0) is 12.5 Å². The van der Waals surface area contributed by atoms with Crippen molar-refractivity contribution in [1.82, 2.24) is 5.32 Å². The minimum Gasteiger partial charge on any atom is -0.461 e. The number of hydrogen-bond acceptors (Lipinski definition) is 4. The van der Waals surface area contributed by atoms with Crippen LogP contribution in [0.1, 0.15) is 16.8 Å². The summed E-state index contributed by atoms with van der Waals surface area (Å²) in [6.07, 6.45) is 1.35. The molecule has 0 amide bonds. The first-order valence-corrected chi connectivity index (χ1v) is 6.76. The molecular weight excluding hydrogens is 318 g/mol. The second-order valence-corrected chi connectivity index (χ2v) is 4.99. The number of carbonyl (C=O) groups is 2. The molecule has 0 saturated heterocycles. The number of benzene rings is 1. The molecule has 8 heteroatoms. The molecule has 2 rings (SSSR count). The number of ether oxygens (including phenoxy) is 1. The summed E-state index contributed by atoms with van der Waals surface area (Å²) in [6, 6.07) is 0.0395. The molecule has 0 bridgehead atoms. The van der Waals surface area contributed by atoms with Crippen molar-refractivity contribution in [2.24, 2.45) is 5.92 Å². The molecular formula is C15H13F4NO3. The fourth-order valence-electron chi connectivity index (χ4n) is 2.12. The predicted octanol–water partition coefficient (Wildman–Crippen LogP) is 2.13. The quantitative estimate of drug-likeness (QED) is 0.158. The third kappa shape index (κ3) is 3.76. The van der Waals surface area contributed by atoms with Gasteiger partial charge in [0.2, 0.25) is 0 Å². The summed E-state index contributed by atoms with van der Waals surface area (Å²) in [6.45, 7) is 3.53. The van der Waals surface area contributed by atoms with E-state index in [1.165, 1.54) is 0 Å². The average Bonchev–Trinajstić information content (AvgIpc) is 3.31. The summed E-state index contributed by atoms with van der Waals surface area (Å²) in [5.74, 6) is -9.32. The molecule has 2 unspecified atom stereocenters. The van der Waals surface area contributed by atoms with E-state index in [4.69, 9.17) is 4.74 Å². The third-order valence-corrected chi connectivity index (χ3v) is 3.41. The number of nitrogens with one attached hydrogen (secondary N) is 1. The predicted molar refractivity (Wildman–Crippen MR) is 71.7 cm³/mol. The van der Waals surface area contributed by atoms with Crippen molar-refractivity contribution in [2.75, 3.05) is 13.2 Å². The van der Waals surface area contributed by atoms with Gasteiger partial charge in [0.25, 0.3) is 0 Å². The van der Waals surface area contributed by atoms with Crippen molar-refractivity contribution >= 4 is 11.8 Å². The van der Waals surface area contributed by atoms with Crippen LogP contribution in [0, 0.1) is 29.2 Å². The highest BCUT2D eigenvalue weighted by Gasteiger charge is 2.44. The normalized spacial score (nSPS) is 19.3. The lowest BCUT2D eigenvalue weighted by atomic mass is 10.1. The maximum atomic E-state index is 13.6. The largest absolute Gasteiger partial charge is 0.461 e. The van der Waals surface area contributed by atoms with Crippen molar-refractivity contribution in [3.63, 3.8) is 0 Å². The number of carbonyl (C=O) groups excluding carboxylic acids is 2. The van der Waals surface area contributed by atoms with Gasteiger partial charge in [0.05, 0.1) is 5.56 Å². The lowest BCUT2D eigenvalue weighted by Crippen LogP contribution is -2.26. The fourth-order valence-corrected chi connectivity index (χ4v) is 2.12. The van der Waals surface area contributed by atoms with E-state index in [0.717, 1.165) is 6.08 Å². The zero-order valence-corrected chi connectivity index (χ0v) is 11.9. The molecule has 124 valence electrons. The van der Waals surface area contributed by atoms with Gasteiger partial charge < -0.3 is 10.1 Å². The van der Waals surface area contributed by atoms with Gasteiger partial charge in [0.15, 0.2) is 29.1 Å². The first-order chi connectivity index (χ1) is 10.9. The van der Waals surface area contributed by atoms with Gasteiger partial charge in [-0.15, -0.1) is 0 Å². The van der Waals surface area contributed by atoms with Gasteiger partial charge in [-0.2, -0.15) is 0 Å². The van der Waals surface area contributed by atoms with Gasteiger partial charge in [-0.3, -0.25) is 4.79 Å². The molecule has 2 atom stereocenters. The van der Waals surface area contributed by atoms with E-state index in [1.807, 2.05) is 0 Å². The monoisotopic (exact) mass is 331 g/mol. The van der Waals surface area contributed by atoms with E-state index < -0.39 is 46.5 Å². The summed E-state index contributed by atoms with van der Waals surface area (Å²) in [4.78, 5) is 22.8. The van der Waals surface area contributed by atoms with Crippen molar-refractivity contribution in [1.29, 1.82) is 0 Å². The molecule has 1 aliphatic carbocycles. The molecule has 1 aromatic rings. The average molecular weight is 331 g/mol. The fraction of sp³-hybridized carbons (Fsp3) is 0.333. The zero-order valence-electron chi connectivity index (χ0n) is 11.9. The maximum Gasteiger partial charge on any atom is 0.330 e. The van der Waals surface area contributed by atoms with Crippen molar-refractivity contribution in [3.05, 3.63) is 47.6 Å². The topological polar surface area (TPSA) is 55.4 Å². The van der Waals surface area contributed by atoms with E-state index in [9.17, 15) is 27.2 Å². The van der Waals surface area contributed by atoms with Crippen LogP contribution in [0.25, 0.3) is 0 Å². The van der Waals surface area contributed by atoms with Crippen LogP contribution < -0.4 is 5.32 Å². The maximum absolute atomic E-state index is 13.6. The number of rotatable bonds is 7. The molecule has 0 aromatic heterocycles. The van der Waals surface area contributed by atoms with Crippen molar-refractivity contribution in [3.8, 4) is 0 Å². The molecule has 0 spiro atoms. The van der Waals surface area contributed by atoms with E-state index in [1.54, 1.807) is 0 Å². The molecule has 0 aliphatic heterocycles. The van der Waals surface area contributed by atoms with Crippen LogP contribution in [-0.2, 0) is 9.53 Å². The van der Waals surface area contributed by atoms with Crippen LogP contribution in [0.2, 0.25) is 0 Å². The molecule has 1 saturated carbocycles. The number of esters is 1. The highest BCUT2D eigenvalue weighted by Crippen LogP contribution is 2.35. The number of ketones is 1. The Morgan fingerprint density at radius 1 is 1.26 bits per heavy atom. The van der Waals surface area contributed by atoms with Gasteiger partial charge >= 0.3 is 5.97 Å². The van der Waals surface area contributed by atoms with Crippen LogP contribution in [0.5, 0.6) is 0 Å². The Bertz CT molecular complexity index is 663. The van der Waals surface area contributed by atoms with Crippen LogP contribution >= 0.6 is 0 Å². The second-order valence-electron chi connectivity index (χ2n) is 4.99. The van der Waals surface area contributed by atoms with Crippen LogP contribution in [0.3, 0.4) is 0 Å². The number of Topliss-reactive ketones (excluding diaryl/α,β-unsaturated/α-hetero) is 1. The molecule has 23 heavy (non-hydrogen) atoms. The summed E-state index contributed by atoms with van der Waals surface area (Å²) in [5.41, 5.74) is -0.811. The number of hydrogen-bond donors (Lipinski definition) is 1. The number of halogens is 4. The standard InChI is InChI=1S/C15H13F4NO3/c1-2-11(21)23-4-3-20-10-6-7(10)15(22)8-5-9(16)13(18)14(19)12(8)17/h2,5,7,10,20H,1,3-4,6H2. The molecule has 1 N–H and O–H groups in total. The minimum absolute atomic E-state index is 0.0520. The Morgan fingerprint density at radius 2 is 1.96 bits per heavy atom. The van der Waals surface area contributed by atoms with E-state index >= 15 is 0 Å². The Kier molecular flexibility index (Phi) is 5.15. The molecule has 1 aliphatic rings. The first-order valence-electron chi connectivity index (χ1n) is 6.76. The summed E-state index contributed by atoms with van der Waals surface area (Å²) in [5, 5.41) is 2.88. The Morgan fingerprint density at radius 3 is 2.61 bits per heavy atom. The zero-order chi connectivity index (χ0) is 17.1. The van der Waals surface area contributed by atoms with Crippen LogP contribution in [0.15, 0.2) is 18.7 Å². The van der Waals surface area contributed by atoms with E-state index in [0.29, 0.717) is 12.5 Å². The minimum atomic E-state index is -2.00. The van der Waals surface area contributed by atoms with Gasteiger partial charge in [0, 0.05) is 24.6 Å². The van der Waals surface area contributed by atoms with E-state index in [-0.39, 0.29) is 19.2 Å². The van der Waals surface area contributed by atoms with E-state index in [2.05, 4.69) is 11.9 Å². The third-order valence-electron chi connectivity index (χ3n) is 3.41. The second kappa shape index (κ2) is 6.91. The Balaban J connectivity index is 1.91. The van der Waals surface area contributed by atoms with Gasteiger partial charge in [0.1, 0.15) is 6.61 Å². The summed E-state index contributed by atoms with van der Waals surface area (Å²) >= 11 is 0. The summed E-state index contributed by atoms with van der Waals surface area (Å²) in [7, 11) is 0. The summed E-state index contributed by atoms with van der Waals surface area (Å²) < 4.78 is 57.4. The van der Waals surface area contributed by atoms with Crippen molar-refractivity contribution in [2.45, 2.75) is 12.5 Å². The lowest BCUT2D eigenvalue weighted by molar-refractivity contribution is -0.137. The smallest absolute Gasteiger partial charge is 0.330 e. The van der Waals surface area contributed by atoms with Crippen LogP contribution in [0.4, 0.5) is 17.6 Å². The first kappa shape index (κ1) is 17.1. The molecule has 0 heterocycles. The van der Waals surface area contributed by atoms with Gasteiger partial charge in [-0.25, -0.2) is 22.4 Å². The van der Waals surface area contributed by atoms with Crippen LogP contribution in [-0.4, -0.2) is 30.9 Å². The Hall–Kier alpha value is -2.22. The molecule has 1 fully saturated rings. The molecule has 0 radical (unpaired) electrons. The highest BCUT2D eigenvalue weighted by atomic mass is 19.2. The molecule has 4 nitrogen and oxygen atoms in total. The Labute approximate surface area is 129 Å². The van der Waals surface area contributed by atoms with Crippen molar-refractivity contribution < 1.29 is 31.9 Å². The highest BCUT2D eigenvalue weighted by molar-refractivity contribution is 6.00. The van der Waals surface area contributed by atoms with Gasteiger partial charge in [-0.1, -0.05) is 6.58 Å². The lowest BCUT2D eigenvalue weighted by Gasteiger charge is -2.06. The molecule has 1 aromatic carbocycles. The SMILES string of the molecule is C=CC(=O)OCCNC1CC1C(=O)c1cc(F)c(F)c(F)c1F.